The first-order valence-electron chi connectivity index (χ1n) is 8.99. The molecule has 3 heterocycles. The Morgan fingerprint density at radius 3 is 2.82 bits per heavy atom. The third-order valence-corrected chi connectivity index (χ3v) is 6.19. The lowest BCUT2D eigenvalue weighted by Gasteiger charge is -2.26. The highest BCUT2D eigenvalue weighted by Crippen LogP contribution is 2.38. The number of thioether (sulfide) groups is 1. The Hall–Kier alpha value is -2.58. The number of nitrogens with zero attached hydrogens (tertiary/aromatic N) is 3. The largest absolute Gasteiger partial charge is 0.463 e. The van der Waals surface area contributed by atoms with Crippen LogP contribution in [0.1, 0.15) is 30.3 Å². The number of anilines is 1. The fourth-order valence-electron chi connectivity index (χ4n) is 3.10. The second kappa shape index (κ2) is 8.20. The summed E-state index contributed by atoms with van der Waals surface area (Å²) >= 11 is 3.16. The first kappa shape index (κ1) is 18.8. The number of benzene rings is 1. The second-order valence-electron chi connectivity index (χ2n) is 6.24. The summed E-state index contributed by atoms with van der Waals surface area (Å²) in [7, 11) is 0. The highest BCUT2D eigenvalue weighted by atomic mass is 32.2. The van der Waals surface area contributed by atoms with Gasteiger partial charge in [0.25, 0.3) is 0 Å². The smallest absolute Gasteiger partial charge is 0.338 e. The van der Waals surface area contributed by atoms with Crippen LogP contribution >= 0.6 is 23.1 Å². The number of rotatable bonds is 6. The second-order valence-corrected chi connectivity index (χ2v) is 8.16. The van der Waals surface area contributed by atoms with Crippen molar-refractivity contribution >= 4 is 35.0 Å². The van der Waals surface area contributed by atoms with Crippen LogP contribution in [-0.2, 0) is 15.3 Å². The van der Waals surface area contributed by atoms with Crippen LogP contribution in [0.3, 0.4) is 0 Å². The number of carbonyl (C=O) groups is 1. The van der Waals surface area contributed by atoms with E-state index in [1.807, 2.05) is 49.6 Å². The number of thiophene rings is 1. The Kier molecular flexibility index (Phi) is 5.50. The first-order chi connectivity index (χ1) is 13.7. The maximum absolute atomic E-state index is 12.7. The van der Waals surface area contributed by atoms with Crippen LogP contribution < -0.4 is 5.32 Å². The number of allylic oxidation sites excluding steroid dienone is 1. The molecule has 0 saturated heterocycles. The molecule has 144 valence electrons. The van der Waals surface area contributed by atoms with Crippen molar-refractivity contribution in [3.05, 3.63) is 69.6 Å². The van der Waals surface area contributed by atoms with Gasteiger partial charge < -0.3 is 10.1 Å². The van der Waals surface area contributed by atoms with Gasteiger partial charge in [-0.1, -0.05) is 48.2 Å². The quantitative estimate of drug-likeness (QED) is 0.475. The van der Waals surface area contributed by atoms with Crippen LogP contribution in [0.15, 0.2) is 64.3 Å². The van der Waals surface area contributed by atoms with Crippen molar-refractivity contribution in [2.24, 2.45) is 0 Å². The van der Waals surface area contributed by atoms with Gasteiger partial charge in [0, 0.05) is 16.3 Å². The van der Waals surface area contributed by atoms with Crippen molar-refractivity contribution in [1.29, 1.82) is 0 Å². The number of aromatic nitrogens is 3. The maximum atomic E-state index is 12.7. The molecule has 28 heavy (non-hydrogen) atoms. The topological polar surface area (TPSA) is 69.0 Å². The molecule has 1 atom stereocenters. The van der Waals surface area contributed by atoms with Crippen molar-refractivity contribution in [2.45, 2.75) is 30.8 Å². The van der Waals surface area contributed by atoms with Crippen molar-refractivity contribution in [2.75, 3.05) is 11.9 Å². The minimum Gasteiger partial charge on any atom is -0.463 e. The van der Waals surface area contributed by atoms with Gasteiger partial charge in [0.05, 0.1) is 12.2 Å². The number of fused-ring (bicyclic) bond motifs is 1. The molecule has 0 radical (unpaired) electrons. The van der Waals surface area contributed by atoms with Gasteiger partial charge in [0.15, 0.2) is 0 Å². The molecule has 6 nitrogen and oxygen atoms in total. The molecule has 1 aliphatic rings. The van der Waals surface area contributed by atoms with E-state index in [1.165, 1.54) is 5.56 Å². The Labute approximate surface area is 171 Å². The molecule has 1 aromatic carbocycles. The van der Waals surface area contributed by atoms with Crippen LogP contribution in [-0.4, -0.2) is 27.3 Å². The molecule has 0 unspecified atom stereocenters. The number of hydrogen-bond donors (Lipinski definition) is 1. The monoisotopic (exact) mass is 412 g/mol. The van der Waals surface area contributed by atoms with Gasteiger partial charge in [0.1, 0.15) is 6.04 Å². The van der Waals surface area contributed by atoms with Crippen molar-refractivity contribution in [3.63, 3.8) is 0 Å². The normalized spacial score (nSPS) is 15.9. The van der Waals surface area contributed by atoms with E-state index in [-0.39, 0.29) is 12.0 Å². The number of carbonyl (C=O) groups excluding carboxylic acids is 1. The van der Waals surface area contributed by atoms with Crippen LogP contribution in [0.5, 0.6) is 0 Å². The lowest BCUT2D eigenvalue weighted by molar-refractivity contribution is -0.139. The van der Waals surface area contributed by atoms with E-state index in [1.54, 1.807) is 27.8 Å². The van der Waals surface area contributed by atoms with Crippen molar-refractivity contribution in [1.82, 2.24) is 14.8 Å². The van der Waals surface area contributed by atoms with Gasteiger partial charge in [-0.25, -0.2) is 9.48 Å². The molecule has 8 heteroatoms. The molecule has 1 N–H and O–H groups in total. The summed E-state index contributed by atoms with van der Waals surface area (Å²) in [6, 6.07) is 13.9. The third kappa shape index (κ3) is 3.70. The zero-order valence-corrected chi connectivity index (χ0v) is 17.2. The standard InChI is InChI=1S/C20H20N4O2S2/c1-3-26-18(25)16-13(2)21-19-22-20(28-12-14-8-5-4-6-9-14)23-24(19)17(16)15-10-7-11-27-15/h4-11,17H,3,12H2,1-2H3,(H,21,22,23)/t17-/m0/s1. The Bertz CT molecular complexity index is 997. The van der Waals surface area contributed by atoms with Crippen molar-refractivity contribution in [3.8, 4) is 0 Å². The molecule has 4 rings (SSSR count). The average molecular weight is 413 g/mol. The summed E-state index contributed by atoms with van der Waals surface area (Å²) in [5.41, 5.74) is 2.53. The van der Waals surface area contributed by atoms with Gasteiger partial charge in [-0.05, 0) is 30.9 Å². The predicted octanol–water partition coefficient (Wildman–Crippen LogP) is 4.48. The van der Waals surface area contributed by atoms with Gasteiger partial charge in [-0.2, -0.15) is 4.98 Å². The van der Waals surface area contributed by atoms with E-state index in [0.29, 0.717) is 23.3 Å². The van der Waals surface area contributed by atoms with Crippen LogP contribution in [0, 0.1) is 0 Å². The lowest BCUT2D eigenvalue weighted by atomic mass is 10.0. The molecule has 2 aromatic heterocycles. The van der Waals surface area contributed by atoms with E-state index in [4.69, 9.17) is 9.84 Å². The molecular weight excluding hydrogens is 392 g/mol. The predicted molar refractivity (Wildman–Crippen MR) is 111 cm³/mol. The zero-order valence-electron chi connectivity index (χ0n) is 15.6. The molecule has 0 aliphatic carbocycles. The SMILES string of the molecule is CCOC(=O)C1=C(C)Nc2nc(SCc3ccccc3)nn2[C@H]1c1cccs1. The fraction of sp³-hybridized carbons (Fsp3) is 0.250. The van der Waals surface area contributed by atoms with E-state index in [9.17, 15) is 4.79 Å². The van der Waals surface area contributed by atoms with E-state index >= 15 is 0 Å². The molecule has 3 aromatic rings. The minimum absolute atomic E-state index is 0.328. The number of esters is 1. The minimum atomic E-state index is -0.339. The first-order valence-corrected chi connectivity index (χ1v) is 10.9. The number of nitrogens with one attached hydrogen (secondary N) is 1. The Morgan fingerprint density at radius 2 is 2.11 bits per heavy atom. The van der Waals surface area contributed by atoms with Crippen LogP contribution in [0.4, 0.5) is 5.95 Å². The van der Waals surface area contributed by atoms with Crippen LogP contribution in [0.25, 0.3) is 0 Å². The lowest BCUT2D eigenvalue weighted by Crippen LogP contribution is -2.29. The molecule has 0 saturated carbocycles. The Morgan fingerprint density at radius 1 is 1.29 bits per heavy atom. The highest BCUT2D eigenvalue weighted by molar-refractivity contribution is 7.98. The summed E-state index contributed by atoms with van der Waals surface area (Å²) in [6.07, 6.45) is 0. The number of ether oxygens (including phenoxy) is 1. The van der Waals surface area contributed by atoms with Gasteiger partial charge in [-0.3, -0.25) is 0 Å². The fourth-order valence-corrected chi connectivity index (χ4v) is 4.70. The summed E-state index contributed by atoms with van der Waals surface area (Å²) in [5.74, 6) is 1.09. The van der Waals surface area contributed by atoms with Crippen molar-refractivity contribution < 1.29 is 9.53 Å². The molecule has 0 amide bonds. The molecule has 0 fully saturated rings. The maximum Gasteiger partial charge on any atom is 0.338 e. The zero-order chi connectivity index (χ0) is 19.5. The summed E-state index contributed by atoms with van der Waals surface area (Å²) in [5, 5.41) is 10.6. The molecular formula is C20H20N4O2S2. The Balaban J connectivity index is 1.66. The summed E-state index contributed by atoms with van der Waals surface area (Å²) < 4.78 is 7.10. The molecule has 0 spiro atoms. The van der Waals surface area contributed by atoms with Gasteiger partial charge in [0.2, 0.25) is 11.1 Å². The summed E-state index contributed by atoms with van der Waals surface area (Å²) in [4.78, 5) is 18.3. The highest BCUT2D eigenvalue weighted by Gasteiger charge is 2.35. The summed E-state index contributed by atoms with van der Waals surface area (Å²) in [6.45, 7) is 4.01. The van der Waals surface area contributed by atoms with Gasteiger partial charge >= 0.3 is 5.97 Å². The van der Waals surface area contributed by atoms with Crippen LogP contribution in [0.2, 0.25) is 0 Å². The van der Waals surface area contributed by atoms with E-state index in [2.05, 4.69) is 22.4 Å². The molecule has 1 aliphatic heterocycles. The average Bonchev–Trinajstić information content (AvgIpc) is 3.36. The molecule has 0 bridgehead atoms. The van der Waals surface area contributed by atoms with E-state index in [0.717, 1.165) is 16.3 Å². The number of hydrogen-bond acceptors (Lipinski definition) is 7. The third-order valence-electron chi connectivity index (χ3n) is 4.35. The van der Waals surface area contributed by atoms with E-state index < -0.39 is 0 Å². The van der Waals surface area contributed by atoms with Gasteiger partial charge in [-0.15, -0.1) is 16.4 Å².